The number of hydrogen-bond donors (Lipinski definition) is 1. The van der Waals surface area contributed by atoms with E-state index in [9.17, 15) is 13.2 Å². The molecular weight excluding hydrogens is 314 g/mol. The Morgan fingerprint density at radius 1 is 1.43 bits per heavy atom. The van der Waals surface area contributed by atoms with Crippen molar-refractivity contribution in [1.29, 1.82) is 0 Å². The van der Waals surface area contributed by atoms with Gasteiger partial charge in [-0.25, -0.2) is 8.42 Å². The summed E-state index contributed by atoms with van der Waals surface area (Å²) >= 11 is 1.11. The third-order valence-corrected chi connectivity index (χ3v) is 6.38. The molecule has 3 rings (SSSR count). The number of nitrogens with one attached hydrogen (secondary N) is 1. The van der Waals surface area contributed by atoms with Crippen LogP contribution in [0.2, 0.25) is 0 Å². The minimum atomic E-state index is -3.66. The molecule has 0 bridgehead atoms. The van der Waals surface area contributed by atoms with Crippen LogP contribution in [0.3, 0.4) is 0 Å². The van der Waals surface area contributed by atoms with Crippen molar-refractivity contribution in [2.24, 2.45) is 0 Å². The zero-order valence-electron chi connectivity index (χ0n) is 11.0. The molecule has 7 nitrogen and oxygen atoms in total. The molecule has 1 aliphatic heterocycles. The quantitative estimate of drug-likeness (QED) is 0.905. The van der Waals surface area contributed by atoms with Gasteiger partial charge in [-0.05, 0) is 12.5 Å². The number of nitrogens with zero attached hydrogens (tertiary/aromatic N) is 2. The first-order valence-corrected chi connectivity index (χ1v) is 8.66. The molecule has 9 heteroatoms. The molecule has 3 heterocycles. The molecule has 112 valence electrons. The molecule has 0 saturated carbocycles. The van der Waals surface area contributed by atoms with E-state index in [4.69, 9.17) is 4.52 Å². The van der Waals surface area contributed by atoms with Crippen LogP contribution in [-0.2, 0) is 14.8 Å². The predicted octanol–water partition coefficient (Wildman–Crippen LogP) is 0.914. The molecule has 21 heavy (non-hydrogen) atoms. The molecule has 1 amide bonds. The molecule has 2 aromatic heterocycles. The number of rotatable bonds is 3. The number of sulfonamides is 1. The minimum absolute atomic E-state index is 0.141. The topological polar surface area (TPSA) is 92.5 Å². The van der Waals surface area contributed by atoms with Crippen molar-refractivity contribution in [2.75, 3.05) is 19.6 Å². The van der Waals surface area contributed by atoms with Crippen LogP contribution in [0.5, 0.6) is 0 Å². The highest BCUT2D eigenvalue weighted by molar-refractivity contribution is 7.91. The van der Waals surface area contributed by atoms with E-state index in [1.165, 1.54) is 10.5 Å². The lowest BCUT2D eigenvalue weighted by atomic mass is 10.3. The van der Waals surface area contributed by atoms with Gasteiger partial charge in [0.1, 0.15) is 4.21 Å². The summed E-state index contributed by atoms with van der Waals surface area (Å²) in [6.07, 6.45) is 2.10. The zero-order valence-corrected chi connectivity index (χ0v) is 12.6. The van der Waals surface area contributed by atoms with Gasteiger partial charge in [-0.1, -0.05) is 5.16 Å². The highest BCUT2D eigenvalue weighted by Crippen LogP contribution is 2.30. The zero-order chi connectivity index (χ0) is 14.9. The van der Waals surface area contributed by atoms with Crippen LogP contribution < -0.4 is 5.32 Å². The van der Waals surface area contributed by atoms with Gasteiger partial charge in [0.15, 0.2) is 5.76 Å². The van der Waals surface area contributed by atoms with Crippen molar-refractivity contribution in [2.45, 2.75) is 10.6 Å². The summed E-state index contributed by atoms with van der Waals surface area (Å²) in [5.41, 5.74) is 0.662. The molecule has 2 aromatic rings. The summed E-state index contributed by atoms with van der Waals surface area (Å²) in [5.74, 6) is 0.240. The van der Waals surface area contributed by atoms with Crippen molar-refractivity contribution < 1.29 is 17.7 Å². The Hall–Kier alpha value is -1.71. The standard InChI is InChI=1S/C12H13N3O4S2/c16-11-7-15(5-1-3-13-11)21(17,18)12-6-9(8-20-12)10-2-4-14-19-10/h2,4,6,8H,1,3,5,7H2,(H,13,16). The fourth-order valence-corrected chi connectivity index (χ4v) is 4.81. The average molecular weight is 327 g/mol. The largest absolute Gasteiger partial charge is 0.356 e. The van der Waals surface area contributed by atoms with Crippen LogP contribution in [0.25, 0.3) is 11.3 Å². The summed E-state index contributed by atoms with van der Waals surface area (Å²) in [7, 11) is -3.66. The molecule has 1 fully saturated rings. The predicted molar refractivity (Wildman–Crippen MR) is 76.2 cm³/mol. The molecule has 1 N–H and O–H groups in total. The Morgan fingerprint density at radius 2 is 2.29 bits per heavy atom. The van der Waals surface area contributed by atoms with E-state index in [0.717, 1.165) is 11.3 Å². The first-order chi connectivity index (χ1) is 10.1. The maximum absolute atomic E-state index is 12.6. The van der Waals surface area contributed by atoms with Gasteiger partial charge in [0.25, 0.3) is 10.0 Å². The highest BCUT2D eigenvalue weighted by Gasteiger charge is 2.29. The van der Waals surface area contributed by atoms with Gasteiger partial charge in [-0.2, -0.15) is 4.31 Å². The maximum atomic E-state index is 12.6. The van der Waals surface area contributed by atoms with Crippen LogP contribution in [0.4, 0.5) is 0 Å². The van der Waals surface area contributed by atoms with Crippen molar-refractivity contribution in [1.82, 2.24) is 14.8 Å². The summed E-state index contributed by atoms with van der Waals surface area (Å²) in [6.45, 7) is 0.688. The lowest BCUT2D eigenvalue weighted by molar-refractivity contribution is -0.120. The Kier molecular flexibility index (Phi) is 3.79. The van der Waals surface area contributed by atoms with Crippen molar-refractivity contribution in [3.63, 3.8) is 0 Å². The van der Waals surface area contributed by atoms with Gasteiger partial charge in [-0.15, -0.1) is 11.3 Å². The van der Waals surface area contributed by atoms with E-state index >= 15 is 0 Å². The molecular formula is C12H13N3O4S2. The van der Waals surface area contributed by atoms with Gasteiger partial charge in [-0.3, -0.25) is 4.79 Å². The number of carbonyl (C=O) groups excluding carboxylic acids is 1. The Labute approximate surface area is 125 Å². The Morgan fingerprint density at radius 3 is 3.05 bits per heavy atom. The van der Waals surface area contributed by atoms with E-state index in [1.54, 1.807) is 17.5 Å². The van der Waals surface area contributed by atoms with E-state index in [-0.39, 0.29) is 16.7 Å². The third kappa shape index (κ3) is 2.85. The number of amides is 1. The van der Waals surface area contributed by atoms with Gasteiger partial charge in [0.2, 0.25) is 5.91 Å². The Bertz CT molecular complexity index is 736. The van der Waals surface area contributed by atoms with Crippen LogP contribution >= 0.6 is 11.3 Å². The van der Waals surface area contributed by atoms with E-state index in [1.807, 2.05) is 0 Å². The number of thiophene rings is 1. The molecule has 0 atom stereocenters. The molecule has 0 aliphatic carbocycles. The second kappa shape index (κ2) is 5.58. The van der Waals surface area contributed by atoms with Crippen molar-refractivity contribution >= 4 is 27.3 Å². The number of aromatic nitrogens is 1. The summed E-state index contributed by atoms with van der Waals surface area (Å²) in [4.78, 5) is 11.5. The van der Waals surface area contributed by atoms with Crippen LogP contribution in [0, 0.1) is 0 Å². The maximum Gasteiger partial charge on any atom is 0.253 e. The Balaban J connectivity index is 1.89. The summed E-state index contributed by atoms with van der Waals surface area (Å²) in [5, 5.41) is 7.96. The smallest absolute Gasteiger partial charge is 0.253 e. The number of hydrogen-bond acceptors (Lipinski definition) is 6. The fourth-order valence-electron chi connectivity index (χ4n) is 2.06. The molecule has 0 spiro atoms. The minimum Gasteiger partial charge on any atom is -0.356 e. The van der Waals surface area contributed by atoms with E-state index in [2.05, 4.69) is 10.5 Å². The van der Waals surface area contributed by atoms with Crippen molar-refractivity contribution in [3.8, 4) is 11.3 Å². The van der Waals surface area contributed by atoms with Gasteiger partial charge < -0.3 is 9.84 Å². The molecule has 0 unspecified atom stereocenters. The lowest BCUT2D eigenvalue weighted by Gasteiger charge is -2.17. The fraction of sp³-hybridized carbons (Fsp3) is 0.333. The van der Waals surface area contributed by atoms with Crippen LogP contribution in [0.1, 0.15) is 6.42 Å². The summed E-state index contributed by atoms with van der Waals surface area (Å²) in [6, 6.07) is 3.21. The SMILES string of the molecule is O=C1CN(S(=O)(=O)c2cc(-c3ccno3)cs2)CCCN1. The molecule has 0 aromatic carbocycles. The second-order valence-corrected chi connectivity index (χ2v) is 7.65. The molecule has 1 aliphatic rings. The molecule has 0 radical (unpaired) electrons. The highest BCUT2D eigenvalue weighted by atomic mass is 32.2. The number of carbonyl (C=O) groups is 1. The second-order valence-electron chi connectivity index (χ2n) is 4.57. The van der Waals surface area contributed by atoms with Crippen molar-refractivity contribution in [3.05, 3.63) is 23.7 Å². The average Bonchev–Trinajstić information content (AvgIpc) is 3.08. The first kappa shape index (κ1) is 14.2. The normalized spacial score (nSPS) is 17.4. The van der Waals surface area contributed by atoms with Gasteiger partial charge >= 0.3 is 0 Å². The van der Waals surface area contributed by atoms with Gasteiger partial charge in [0, 0.05) is 30.1 Å². The molecule has 1 saturated heterocycles. The van der Waals surface area contributed by atoms with Gasteiger partial charge in [0.05, 0.1) is 12.7 Å². The third-order valence-electron chi connectivity index (χ3n) is 3.12. The van der Waals surface area contributed by atoms with E-state index < -0.39 is 10.0 Å². The summed E-state index contributed by atoms with van der Waals surface area (Å²) < 4.78 is 31.6. The lowest BCUT2D eigenvalue weighted by Crippen LogP contribution is -2.37. The van der Waals surface area contributed by atoms with E-state index in [0.29, 0.717) is 30.8 Å². The van der Waals surface area contributed by atoms with Crippen LogP contribution in [-0.4, -0.2) is 43.4 Å². The monoisotopic (exact) mass is 327 g/mol. The first-order valence-electron chi connectivity index (χ1n) is 6.34. The van der Waals surface area contributed by atoms with Crippen LogP contribution in [0.15, 0.2) is 32.4 Å².